The Hall–Kier alpha value is -1.80. The van der Waals surface area contributed by atoms with Gasteiger partial charge in [-0.2, -0.15) is 0 Å². The third-order valence-corrected chi connectivity index (χ3v) is 3.98. The molecule has 0 saturated carbocycles. The van der Waals surface area contributed by atoms with Crippen LogP contribution in [0, 0.1) is 0 Å². The van der Waals surface area contributed by atoms with E-state index >= 15 is 0 Å². The van der Waals surface area contributed by atoms with Gasteiger partial charge in [0.25, 0.3) is 0 Å². The number of benzene rings is 2. The smallest absolute Gasteiger partial charge is 0.123 e. The summed E-state index contributed by atoms with van der Waals surface area (Å²) in [6.45, 7) is 0.631. The van der Waals surface area contributed by atoms with Crippen LogP contribution in [-0.4, -0.2) is 12.2 Å². The summed E-state index contributed by atoms with van der Waals surface area (Å²) in [4.78, 5) is 0. The van der Waals surface area contributed by atoms with E-state index in [2.05, 4.69) is 30.3 Å². The lowest BCUT2D eigenvalue weighted by Gasteiger charge is -2.17. The Labute approximate surface area is 113 Å². The zero-order valence-electron chi connectivity index (χ0n) is 10.7. The standard InChI is InChI=1S/C17H16O2/c1-2-5-12(6-3-1)11-18-15-8-4-7-13-9-16-17(19-16)10-14(13)15/h1-8,16-17H,9-11H2. The van der Waals surface area contributed by atoms with Crippen LogP contribution in [0.1, 0.15) is 16.7 Å². The van der Waals surface area contributed by atoms with Crippen LogP contribution in [0.25, 0.3) is 0 Å². The van der Waals surface area contributed by atoms with Crippen LogP contribution < -0.4 is 4.74 Å². The van der Waals surface area contributed by atoms with E-state index in [1.807, 2.05) is 18.2 Å². The fourth-order valence-electron chi connectivity index (χ4n) is 2.86. The first-order valence-corrected chi connectivity index (χ1v) is 6.83. The average molecular weight is 252 g/mol. The van der Waals surface area contributed by atoms with Gasteiger partial charge in [0.05, 0.1) is 12.2 Å². The SMILES string of the molecule is c1ccc(COc2cccc3c2CC2OC2C3)cc1. The highest BCUT2D eigenvalue weighted by Gasteiger charge is 2.43. The van der Waals surface area contributed by atoms with Gasteiger partial charge in [0.1, 0.15) is 12.4 Å². The lowest BCUT2D eigenvalue weighted by Crippen LogP contribution is -2.13. The van der Waals surface area contributed by atoms with Crippen molar-refractivity contribution in [3.63, 3.8) is 0 Å². The molecule has 0 amide bonds. The molecule has 2 nitrogen and oxygen atoms in total. The third-order valence-electron chi connectivity index (χ3n) is 3.98. The molecule has 1 fully saturated rings. The van der Waals surface area contributed by atoms with Gasteiger partial charge in [-0.05, 0) is 17.2 Å². The van der Waals surface area contributed by atoms with Gasteiger partial charge in [-0.3, -0.25) is 0 Å². The summed E-state index contributed by atoms with van der Waals surface area (Å²) in [5.74, 6) is 1.02. The molecule has 96 valence electrons. The number of hydrogen-bond acceptors (Lipinski definition) is 2. The molecule has 2 heteroatoms. The van der Waals surface area contributed by atoms with Crippen molar-refractivity contribution >= 4 is 0 Å². The van der Waals surface area contributed by atoms with E-state index < -0.39 is 0 Å². The molecule has 4 rings (SSSR count). The van der Waals surface area contributed by atoms with Gasteiger partial charge in [0, 0.05) is 18.4 Å². The monoisotopic (exact) mass is 252 g/mol. The first kappa shape index (κ1) is 11.1. The number of epoxide rings is 1. The highest BCUT2D eigenvalue weighted by atomic mass is 16.6. The Bertz CT molecular complexity index is 591. The molecule has 0 spiro atoms. The Morgan fingerprint density at radius 3 is 2.68 bits per heavy atom. The zero-order valence-corrected chi connectivity index (χ0v) is 10.7. The summed E-state index contributed by atoms with van der Waals surface area (Å²) in [6, 6.07) is 16.7. The van der Waals surface area contributed by atoms with Gasteiger partial charge >= 0.3 is 0 Å². The normalized spacial score (nSPS) is 23.4. The fraction of sp³-hybridized carbons (Fsp3) is 0.294. The van der Waals surface area contributed by atoms with E-state index in [0.29, 0.717) is 18.8 Å². The fourth-order valence-corrected chi connectivity index (χ4v) is 2.86. The highest BCUT2D eigenvalue weighted by Crippen LogP contribution is 2.39. The maximum absolute atomic E-state index is 6.00. The summed E-state index contributed by atoms with van der Waals surface area (Å²) < 4.78 is 11.6. The number of hydrogen-bond donors (Lipinski definition) is 0. The second kappa shape index (κ2) is 4.39. The Kier molecular flexibility index (Phi) is 2.56. The second-order valence-electron chi connectivity index (χ2n) is 5.29. The Balaban J connectivity index is 1.55. The minimum absolute atomic E-state index is 0.439. The summed E-state index contributed by atoms with van der Waals surface area (Å²) in [7, 11) is 0. The zero-order chi connectivity index (χ0) is 12.7. The lowest BCUT2D eigenvalue weighted by molar-refractivity contribution is 0.301. The van der Waals surface area contributed by atoms with Crippen molar-refractivity contribution in [3.8, 4) is 5.75 Å². The predicted molar refractivity (Wildman–Crippen MR) is 73.3 cm³/mol. The van der Waals surface area contributed by atoms with Crippen molar-refractivity contribution in [1.82, 2.24) is 0 Å². The van der Waals surface area contributed by atoms with E-state index in [9.17, 15) is 0 Å². The summed E-state index contributed by atoms with van der Waals surface area (Å²) >= 11 is 0. The molecule has 2 atom stereocenters. The van der Waals surface area contributed by atoms with E-state index in [0.717, 1.165) is 18.6 Å². The van der Waals surface area contributed by atoms with Crippen LogP contribution in [-0.2, 0) is 24.2 Å². The van der Waals surface area contributed by atoms with E-state index in [1.165, 1.54) is 16.7 Å². The average Bonchev–Trinajstić information content (AvgIpc) is 3.22. The van der Waals surface area contributed by atoms with Crippen molar-refractivity contribution in [2.24, 2.45) is 0 Å². The molecule has 19 heavy (non-hydrogen) atoms. The molecule has 0 bridgehead atoms. The van der Waals surface area contributed by atoms with Crippen molar-refractivity contribution < 1.29 is 9.47 Å². The minimum atomic E-state index is 0.439. The molecule has 2 aliphatic rings. The van der Waals surface area contributed by atoms with Crippen LogP contribution in [0.5, 0.6) is 5.75 Å². The first-order valence-electron chi connectivity index (χ1n) is 6.83. The minimum Gasteiger partial charge on any atom is -0.489 e. The summed E-state index contributed by atoms with van der Waals surface area (Å²) in [5.41, 5.74) is 3.94. The van der Waals surface area contributed by atoms with Gasteiger partial charge in [0.2, 0.25) is 0 Å². The van der Waals surface area contributed by atoms with Crippen LogP contribution in [0.3, 0.4) is 0 Å². The molecule has 2 aromatic carbocycles. The molecule has 0 radical (unpaired) electrons. The maximum atomic E-state index is 6.00. The largest absolute Gasteiger partial charge is 0.489 e. The molecule has 1 heterocycles. The number of fused-ring (bicyclic) bond motifs is 2. The van der Waals surface area contributed by atoms with Crippen LogP contribution in [0.15, 0.2) is 48.5 Å². The van der Waals surface area contributed by atoms with Crippen molar-refractivity contribution in [2.75, 3.05) is 0 Å². The maximum Gasteiger partial charge on any atom is 0.123 e. The van der Waals surface area contributed by atoms with E-state index in [4.69, 9.17) is 9.47 Å². The van der Waals surface area contributed by atoms with E-state index in [-0.39, 0.29) is 0 Å². The van der Waals surface area contributed by atoms with Gasteiger partial charge in [-0.15, -0.1) is 0 Å². The molecule has 2 aromatic rings. The third kappa shape index (κ3) is 2.13. The van der Waals surface area contributed by atoms with Crippen LogP contribution in [0.2, 0.25) is 0 Å². The van der Waals surface area contributed by atoms with Crippen molar-refractivity contribution in [2.45, 2.75) is 31.7 Å². The van der Waals surface area contributed by atoms with Gasteiger partial charge in [0.15, 0.2) is 0 Å². The van der Waals surface area contributed by atoms with Crippen molar-refractivity contribution in [1.29, 1.82) is 0 Å². The quantitative estimate of drug-likeness (QED) is 0.783. The molecule has 2 unspecified atom stereocenters. The lowest BCUT2D eigenvalue weighted by atomic mass is 9.91. The summed E-state index contributed by atoms with van der Waals surface area (Å²) in [6.07, 6.45) is 2.96. The van der Waals surface area contributed by atoms with Gasteiger partial charge < -0.3 is 9.47 Å². The second-order valence-corrected chi connectivity index (χ2v) is 5.29. The predicted octanol–water partition coefficient (Wildman–Crippen LogP) is 3.13. The van der Waals surface area contributed by atoms with Crippen molar-refractivity contribution in [3.05, 3.63) is 65.2 Å². The molecule has 0 aromatic heterocycles. The van der Waals surface area contributed by atoms with Crippen LogP contribution in [0.4, 0.5) is 0 Å². The Morgan fingerprint density at radius 1 is 0.947 bits per heavy atom. The molecule has 1 saturated heterocycles. The summed E-state index contributed by atoms with van der Waals surface area (Å²) in [5, 5.41) is 0. The molecule has 1 aliphatic heterocycles. The van der Waals surface area contributed by atoms with Crippen LogP contribution >= 0.6 is 0 Å². The molecule has 0 N–H and O–H groups in total. The first-order chi connectivity index (χ1) is 9.40. The van der Waals surface area contributed by atoms with Gasteiger partial charge in [-0.25, -0.2) is 0 Å². The number of rotatable bonds is 3. The molecular weight excluding hydrogens is 236 g/mol. The molecule has 1 aliphatic carbocycles. The van der Waals surface area contributed by atoms with E-state index in [1.54, 1.807) is 0 Å². The highest BCUT2D eigenvalue weighted by molar-refractivity contribution is 5.44. The number of ether oxygens (including phenoxy) is 2. The Morgan fingerprint density at radius 2 is 1.79 bits per heavy atom. The molecular formula is C17H16O2. The topological polar surface area (TPSA) is 21.8 Å². The van der Waals surface area contributed by atoms with Gasteiger partial charge in [-0.1, -0.05) is 42.5 Å².